The van der Waals surface area contributed by atoms with Crippen LogP contribution in [0.5, 0.6) is 0 Å². The molecule has 0 rings (SSSR count). The van der Waals surface area contributed by atoms with E-state index >= 15 is 0 Å². The second-order valence-corrected chi connectivity index (χ2v) is 8.25. The summed E-state index contributed by atoms with van der Waals surface area (Å²) in [6.45, 7) is 1.68. The fourth-order valence-electron chi connectivity index (χ4n) is 2.25. The minimum atomic E-state index is -8.63. The van der Waals surface area contributed by atoms with Gasteiger partial charge in [0.2, 0.25) is 0 Å². The lowest BCUT2D eigenvalue weighted by atomic mass is 9.88. The molecule has 0 radical (unpaired) electrons. The first-order chi connectivity index (χ1) is 15.2. The van der Waals surface area contributed by atoms with E-state index in [1.165, 1.54) is 13.8 Å². The molecule has 0 saturated heterocycles. The standard InChI is InChI=1S/C15H14F17IO2/c1-3-34-7(35-4-2)6(33)5-8(16,17)9(18,19)10(20,21)11(22,23)12(24,25)13(26,27)14(28,29)15(30,31)32/h6-7H,3-5H2,1-2H3. The monoisotopic (exact) mass is 676 g/mol. The Labute approximate surface area is 198 Å². The van der Waals surface area contributed by atoms with Gasteiger partial charge >= 0.3 is 47.6 Å². The molecule has 0 aromatic rings. The number of hydrogen-bond acceptors (Lipinski definition) is 2. The van der Waals surface area contributed by atoms with Crippen LogP contribution in [0.25, 0.3) is 0 Å². The number of rotatable bonds is 13. The molecule has 35 heavy (non-hydrogen) atoms. The summed E-state index contributed by atoms with van der Waals surface area (Å²) >= 11 is 0.825. The van der Waals surface area contributed by atoms with Crippen LogP contribution in [0.4, 0.5) is 74.6 Å². The minimum Gasteiger partial charge on any atom is -0.352 e. The van der Waals surface area contributed by atoms with Gasteiger partial charge in [-0.25, -0.2) is 0 Å². The first-order valence-corrected chi connectivity index (χ1v) is 9.98. The molecule has 0 aromatic heterocycles. The van der Waals surface area contributed by atoms with Gasteiger partial charge < -0.3 is 9.47 Å². The molecule has 0 aliphatic heterocycles. The van der Waals surface area contributed by atoms with Crippen molar-refractivity contribution in [3.8, 4) is 0 Å². The largest absolute Gasteiger partial charge is 0.460 e. The number of ether oxygens (including phenoxy) is 2. The molecule has 20 heteroatoms. The van der Waals surface area contributed by atoms with Crippen LogP contribution in [0.15, 0.2) is 0 Å². The van der Waals surface area contributed by atoms with Crippen molar-refractivity contribution >= 4 is 22.6 Å². The highest BCUT2D eigenvalue weighted by Crippen LogP contribution is 2.64. The molecule has 0 amide bonds. The van der Waals surface area contributed by atoms with Gasteiger partial charge in [-0.2, -0.15) is 74.6 Å². The van der Waals surface area contributed by atoms with Gasteiger partial charge in [0.1, 0.15) is 0 Å². The van der Waals surface area contributed by atoms with Gasteiger partial charge in [0.25, 0.3) is 0 Å². The lowest BCUT2D eigenvalue weighted by molar-refractivity contribution is -0.461. The van der Waals surface area contributed by atoms with Gasteiger partial charge in [-0.05, 0) is 13.8 Å². The number of hydrogen-bond donors (Lipinski definition) is 0. The predicted molar refractivity (Wildman–Crippen MR) is 90.1 cm³/mol. The van der Waals surface area contributed by atoms with Gasteiger partial charge in [0, 0.05) is 19.6 Å². The molecule has 0 aliphatic rings. The molecular weight excluding hydrogens is 662 g/mol. The fraction of sp³-hybridized carbons (Fsp3) is 1.00. The second-order valence-electron chi connectivity index (χ2n) is 6.65. The van der Waals surface area contributed by atoms with Crippen LogP contribution in [0.3, 0.4) is 0 Å². The Morgan fingerprint density at radius 2 is 0.800 bits per heavy atom. The highest BCUT2D eigenvalue weighted by Gasteiger charge is 2.95. The molecule has 2 nitrogen and oxygen atoms in total. The van der Waals surface area contributed by atoms with Gasteiger partial charge in [0.05, 0.1) is 3.92 Å². The summed E-state index contributed by atoms with van der Waals surface area (Å²) in [5, 5.41) is 0. The van der Waals surface area contributed by atoms with Gasteiger partial charge in [-0.1, -0.05) is 22.6 Å². The topological polar surface area (TPSA) is 18.5 Å². The Balaban J connectivity index is 6.53. The first-order valence-electron chi connectivity index (χ1n) is 8.74. The normalized spacial score (nSPS) is 16.7. The number of alkyl halides is 18. The zero-order chi connectivity index (χ0) is 28.7. The van der Waals surface area contributed by atoms with E-state index in [1.54, 1.807) is 0 Å². The first kappa shape index (κ1) is 34.5. The van der Waals surface area contributed by atoms with Crippen LogP contribution >= 0.6 is 22.6 Å². The molecule has 0 N–H and O–H groups in total. The third-order valence-corrected chi connectivity index (χ3v) is 5.22. The zero-order valence-corrected chi connectivity index (χ0v) is 19.1. The molecule has 0 aromatic carbocycles. The van der Waals surface area contributed by atoms with Gasteiger partial charge in [-0.3, -0.25) is 0 Å². The van der Waals surface area contributed by atoms with Crippen molar-refractivity contribution in [1.82, 2.24) is 0 Å². The van der Waals surface area contributed by atoms with E-state index in [0.717, 1.165) is 22.6 Å². The summed E-state index contributed by atoms with van der Waals surface area (Å²) in [6, 6.07) is 0. The zero-order valence-electron chi connectivity index (χ0n) is 16.9. The number of halogens is 18. The van der Waals surface area contributed by atoms with Gasteiger partial charge in [0.15, 0.2) is 6.29 Å². The van der Waals surface area contributed by atoms with Crippen LogP contribution in [-0.2, 0) is 9.47 Å². The van der Waals surface area contributed by atoms with Crippen molar-refractivity contribution in [2.24, 2.45) is 0 Å². The summed E-state index contributed by atoms with van der Waals surface area (Å²) in [7, 11) is 0. The molecule has 0 heterocycles. The average molecular weight is 676 g/mol. The summed E-state index contributed by atoms with van der Waals surface area (Å²) in [5.41, 5.74) is 0. The molecule has 0 fully saturated rings. The van der Waals surface area contributed by atoms with E-state index < -0.39 is 64.3 Å². The van der Waals surface area contributed by atoms with Crippen molar-refractivity contribution in [1.29, 1.82) is 0 Å². The fourth-order valence-corrected chi connectivity index (χ4v) is 3.22. The van der Waals surface area contributed by atoms with Crippen molar-refractivity contribution in [3.05, 3.63) is 0 Å². The van der Waals surface area contributed by atoms with E-state index in [-0.39, 0.29) is 13.2 Å². The van der Waals surface area contributed by atoms with E-state index in [4.69, 9.17) is 0 Å². The lowest BCUT2D eigenvalue weighted by Crippen LogP contribution is -2.74. The Morgan fingerprint density at radius 3 is 1.09 bits per heavy atom. The molecule has 1 atom stereocenters. The van der Waals surface area contributed by atoms with E-state index in [9.17, 15) is 74.6 Å². The Bertz CT molecular complexity index is 700. The quantitative estimate of drug-likeness (QED) is 0.0867. The SMILES string of the molecule is CCOC(OCC)C(I)CC(F)(F)C(F)(F)C(F)(F)C(F)(F)C(F)(F)C(F)(F)C(F)(F)C(F)(F)F. The Kier molecular flexibility index (Phi) is 10.2. The smallest absolute Gasteiger partial charge is 0.352 e. The van der Waals surface area contributed by atoms with Crippen LogP contribution in [0.2, 0.25) is 0 Å². The third kappa shape index (κ3) is 5.52. The molecule has 1 unspecified atom stereocenters. The van der Waals surface area contributed by atoms with Crippen molar-refractivity contribution < 1.29 is 84.1 Å². The highest BCUT2D eigenvalue weighted by molar-refractivity contribution is 14.1. The van der Waals surface area contributed by atoms with Gasteiger partial charge in [-0.15, -0.1) is 0 Å². The van der Waals surface area contributed by atoms with E-state index in [0.29, 0.717) is 0 Å². The Morgan fingerprint density at radius 1 is 0.514 bits per heavy atom. The highest BCUT2D eigenvalue weighted by atomic mass is 127. The minimum absolute atomic E-state index is 0.366. The van der Waals surface area contributed by atoms with E-state index in [1.807, 2.05) is 0 Å². The maximum absolute atomic E-state index is 14.0. The molecular formula is C15H14F17IO2. The maximum Gasteiger partial charge on any atom is 0.460 e. The molecule has 212 valence electrons. The van der Waals surface area contributed by atoms with Crippen LogP contribution in [0.1, 0.15) is 20.3 Å². The van der Waals surface area contributed by atoms with Crippen LogP contribution < -0.4 is 0 Å². The van der Waals surface area contributed by atoms with E-state index in [2.05, 4.69) is 9.47 Å². The molecule has 0 spiro atoms. The van der Waals surface area contributed by atoms with Crippen LogP contribution in [-0.4, -0.2) is 71.1 Å². The maximum atomic E-state index is 14.0. The molecule has 0 bridgehead atoms. The second kappa shape index (κ2) is 10.3. The summed E-state index contributed by atoms with van der Waals surface area (Å²) < 4.78 is 232. The molecule has 0 saturated carbocycles. The summed E-state index contributed by atoms with van der Waals surface area (Å²) in [6.07, 6.45) is -12.3. The predicted octanol–water partition coefficient (Wildman–Crippen LogP) is 7.59. The third-order valence-electron chi connectivity index (χ3n) is 4.20. The van der Waals surface area contributed by atoms with Crippen molar-refractivity contribution in [2.75, 3.05) is 13.2 Å². The molecule has 0 aliphatic carbocycles. The van der Waals surface area contributed by atoms with Crippen LogP contribution in [0, 0.1) is 0 Å². The average Bonchev–Trinajstić information content (AvgIpc) is 2.65. The Hall–Kier alpha value is -0.540. The lowest BCUT2D eigenvalue weighted by Gasteiger charge is -2.43. The summed E-state index contributed by atoms with van der Waals surface area (Å²) in [4.78, 5) is 0. The summed E-state index contributed by atoms with van der Waals surface area (Å²) in [5.74, 6) is -56.4. The van der Waals surface area contributed by atoms with Crippen molar-refractivity contribution in [2.45, 2.75) is 78.1 Å². The van der Waals surface area contributed by atoms with Crippen molar-refractivity contribution in [3.63, 3.8) is 0 Å².